The summed E-state index contributed by atoms with van der Waals surface area (Å²) >= 11 is 0. The number of anilines is 2. The lowest BCUT2D eigenvalue weighted by atomic mass is 10.1. The van der Waals surface area contributed by atoms with E-state index < -0.39 is 6.03 Å². The quantitative estimate of drug-likeness (QED) is 0.658. The van der Waals surface area contributed by atoms with Gasteiger partial charge in [0, 0.05) is 23.5 Å². The number of hydrogen-bond acceptors (Lipinski definition) is 4. The lowest BCUT2D eigenvalue weighted by Crippen LogP contribution is -2.23. The second-order valence-electron chi connectivity index (χ2n) is 5.97. The number of aromatic nitrogens is 2. The Kier molecular flexibility index (Phi) is 4.89. The number of aryl methyl sites for hydroxylation is 2. The monoisotopic (exact) mass is 365 g/mol. The highest BCUT2D eigenvalue weighted by atomic mass is 16.2. The minimum Gasteiger partial charge on any atom is -0.351 e. The number of urea groups is 1. The van der Waals surface area contributed by atoms with E-state index in [0.717, 1.165) is 0 Å². The Morgan fingerprint density at radius 1 is 1.07 bits per heavy atom. The molecule has 3 amide bonds. The maximum atomic E-state index is 12.5. The van der Waals surface area contributed by atoms with Crippen molar-refractivity contribution in [1.29, 1.82) is 0 Å². The van der Waals surface area contributed by atoms with Crippen LogP contribution in [-0.4, -0.2) is 21.5 Å². The number of benzene rings is 2. The fourth-order valence-corrected chi connectivity index (χ4v) is 2.81. The van der Waals surface area contributed by atoms with Crippen molar-refractivity contribution < 1.29 is 9.59 Å². The summed E-state index contributed by atoms with van der Waals surface area (Å²) in [6.45, 7) is 4.07. The Labute approximate surface area is 155 Å². The maximum absolute atomic E-state index is 12.5. The third kappa shape index (κ3) is 3.79. The van der Waals surface area contributed by atoms with Crippen LogP contribution in [-0.2, 0) is 6.54 Å². The van der Waals surface area contributed by atoms with Gasteiger partial charge < -0.3 is 20.9 Å². The normalized spacial score (nSPS) is 10.6. The fourth-order valence-electron chi connectivity index (χ4n) is 2.81. The zero-order chi connectivity index (χ0) is 19.6. The number of nitrogens with zero attached hydrogens (tertiary/aromatic N) is 2. The summed E-state index contributed by atoms with van der Waals surface area (Å²) < 4.78 is 1.63. The summed E-state index contributed by atoms with van der Waals surface area (Å²) in [4.78, 5) is 39.8. The molecule has 0 atom stereocenters. The molecule has 0 fully saturated rings. The lowest BCUT2D eigenvalue weighted by Gasteiger charge is -2.11. The zero-order valence-electron chi connectivity index (χ0n) is 14.9. The van der Waals surface area contributed by atoms with Crippen molar-refractivity contribution in [2.75, 3.05) is 10.6 Å². The van der Waals surface area contributed by atoms with Gasteiger partial charge in [0.1, 0.15) is 5.69 Å². The van der Waals surface area contributed by atoms with Gasteiger partial charge in [0.25, 0.3) is 11.5 Å². The SMILES string of the molecule is CCn1c(=O)c(C)nc2cc(C(=O)Nc3ccc(NC(N)=O)cc3)ccc21. The molecule has 1 aromatic heterocycles. The van der Waals surface area contributed by atoms with Crippen LogP contribution < -0.4 is 21.9 Å². The van der Waals surface area contributed by atoms with Gasteiger partial charge in [-0.3, -0.25) is 9.59 Å². The van der Waals surface area contributed by atoms with Gasteiger partial charge in [-0.15, -0.1) is 0 Å². The smallest absolute Gasteiger partial charge is 0.316 e. The largest absolute Gasteiger partial charge is 0.351 e. The number of rotatable bonds is 4. The molecule has 2 aromatic carbocycles. The van der Waals surface area contributed by atoms with Gasteiger partial charge in [-0.2, -0.15) is 0 Å². The molecule has 0 saturated heterocycles. The van der Waals surface area contributed by atoms with E-state index in [0.29, 0.717) is 40.2 Å². The summed E-state index contributed by atoms with van der Waals surface area (Å²) in [6.07, 6.45) is 0. The van der Waals surface area contributed by atoms with Crippen molar-refractivity contribution in [1.82, 2.24) is 9.55 Å². The van der Waals surface area contributed by atoms with Crippen LogP contribution in [0.4, 0.5) is 16.2 Å². The topological polar surface area (TPSA) is 119 Å². The molecule has 0 bridgehead atoms. The van der Waals surface area contributed by atoms with Gasteiger partial charge >= 0.3 is 6.03 Å². The van der Waals surface area contributed by atoms with Gasteiger partial charge in [-0.25, -0.2) is 9.78 Å². The molecule has 0 aliphatic rings. The Hall–Kier alpha value is -3.68. The van der Waals surface area contributed by atoms with Crippen LogP contribution >= 0.6 is 0 Å². The first-order valence-electron chi connectivity index (χ1n) is 8.38. The lowest BCUT2D eigenvalue weighted by molar-refractivity contribution is 0.102. The number of carbonyl (C=O) groups is 2. The van der Waals surface area contributed by atoms with Crippen LogP contribution in [0.1, 0.15) is 23.0 Å². The average Bonchev–Trinajstić information content (AvgIpc) is 2.63. The molecular weight excluding hydrogens is 346 g/mol. The highest BCUT2D eigenvalue weighted by Crippen LogP contribution is 2.17. The van der Waals surface area contributed by atoms with E-state index in [1.54, 1.807) is 54.0 Å². The van der Waals surface area contributed by atoms with Crippen LogP contribution in [0.2, 0.25) is 0 Å². The molecular formula is C19H19N5O3. The summed E-state index contributed by atoms with van der Waals surface area (Å²) in [5.74, 6) is -0.304. The molecule has 0 radical (unpaired) electrons. The predicted octanol–water partition coefficient (Wildman–Crippen LogP) is 2.47. The standard InChI is InChI=1S/C19H19N5O3/c1-3-24-16-9-4-12(10-15(16)21-11(2)18(24)26)17(25)22-13-5-7-14(8-6-13)23-19(20)27/h4-10H,3H2,1-2H3,(H,22,25)(H3,20,23,27). The number of carbonyl (C=O) groups excluding carboxylic acids is 2. The number of nitrogens with two attached hydrogens (primary N) is 1. The predicted molar refractivity (Wildman–Crippen MR) is 104 cm³/mol. The molecule has 0 unspecified atom stereocenters. The number of hydrogen-bond donors (Lipinski definition) is 3. The molecule has 0 aliphatic heterocycles. The van der Waals surface area contributed by atoms with Crippen molar-refractivity contribution in [3.05, 3.63) is 64.1 Å². The minimum atomic E-state index is -0.656. The molecule has 3 aromatic rings. The first-order valence-corrected chi connectivity index (χ1v) is 8.38. The van der Waals surface area contributed by atoms with E-state index in [1.807, 2.05) is 6.92 Å². The second kappa shape index (κ2) is 7.28. The third-order valence-electron chi connectivity index (χ3n) is 4.10. The van der Waals surface area contributed by atoms with E-state index in [2.05, 4.69) is 15.6 Å². The van der Waals surface area contributed by atoms with Crippen LogP contribution in [0.5, 0.6) is 0 Å². The van der Waals surface area contributed by atoms with Crippen molar-refractivity contribution in [2.24, 2.45) is 5.73 Å². The van der Waals surface area contributed by atoms with Gasteiger partial charge in [0.05, 0.1) is 11.0 Å². The molecule has 0 aliphatic carbocycles. The van der Waals surface area contributed by atoms with Crippen LogP contribution in [0.15, 0.2) is 47.3 Å². The Morgan fingerprint density at radius 3 is 2.30 bits per heavy atom. The summed E-state index contributed by atoms with van der Waals surface area (Å²) in [5, 5.41) is 5.23. The molecule has 1 heterocycles. The first-order chi connectivity index (χ1) is 12.9. The van der Waals surface area contributed by atoms with E-state index in [-0.39, 0.29) is 11.5 Å². The fraction of sp³-hybridized carbons (Fsp3) is 0.158. The summed E-state index contributed by atoms with van der Waals surface area (Å²) in [6, 6.07) is 11.0. The molecule has 0 saturated carbocycles. The Balaban J connectivity index is 1.86. The molecule has 3 rings (SSSR count). The van der Waals surface area contributed by atoms with Crippen molar-refractivity contribution in [3.63, 3.8) is 0 Å². The summed E-state index contributed by atoms with van der Waals surface area (Å²) in [5.41, 5.74) is 8.11. The second-order valence-corrected chi connectivity index (χ2v) is 5.97. The highest BCUT2D eigenvalue weighted by molar-refractivity contribution is 6.06. The number of amides is 3. The summed E-state index contributed by atoms with van der Waals surface area (Å²) in [7, 11) is 0. The molecule has 8 heteroatoms. The van der Waals surface area contributed by atoms with Crippen molar-refractivity contribution in [2.45, 2.75) is 20.4 Å². The Morgan fingerprint density at radius 2 is 1.70 bits per heavy atom. The van der Waals surface area contributed by atoms with Crippen molar-refractivity contribution >= 4 is 34.3 Å². The van der Waals surface area contributed by atoms with Crippen LogP contribution in [0, 0.1) is 6.92 Å². The van der Waals surface area contributed by atoms with E-state index in [9.17, 15) is 14.4 Å². The van der Waals surface area contributed by atoms with E-state index >= 15 is 0 Å². The maximum Gasteiger partial charge on any atom is 0.316 e. The van der Waals surface area contributed by atoms with Crippen LogP contribution in [0.25, 0.3) is 11.0 Å². The number of primary amides is 1. The molecule has 138 valence electrons. The number of nitrogens with one attached hydrogen (secondary N) is 2. The molecule has 4 N–H and O–H groups in total. The van der Waals surface area contributed by atoms with Crippen LogP contribution in [0.3, 0.4) is 0 Å². The average molecular weight is 365 g/mol. The third-order valence-corrected chi connectivity index (χ3v) is 4.10. The Bertz CT molecular complexity index is 1090. The zero-order valence-corrected chi connectivity index (χ0v) is 14.9. The van der Waals surface area contributed by atoms with Gasteiger partial charge in [0.15, 0.2) is 0 Å². The van der Waals surface area contributed by atoms with Gasteiger partial charge in [-0.05, 0) is 56.3 Å². The molecule has 8 nitrogen and oxygen atoms in total. The highest BCUT2D eigenvalue weighted by Gasteiger charge is 2.11. The molecule has 0 spiro atoms. The minimum absolute atomic E-state index is 0.133. The van der Waals surface area contributed by atoms with Crippen molar-refractivity contribution in [3.8, 4) is 0 Å². The van der Waals surface area contributed by atoms with Gasteiger partial charge in [-0.1, -0.05) is 0 Å². The van der Waals surface area contributed by atoms with Gasteiger partial charge in [0.2, 0.25) is 0 Å². The van der Waals surface area contributed by atoms with E-state index in [4.69, 9.17) is 5.73 Å². The number of fused-ring (bicyclic) bond motifs is 1. The first kappa shape index (κ1) is 18.1. The molecule has 27 heavy (non-hydrogen) atoms. The van der Waals surface area contributed by atoms with E-state index in [1.165, 1.54) is 0 Å².